The molecule has 1 aliphatic rings. The summed E-state index contributed by atoms with van der Waals surface area (Å²) in [6.45, 7) is 4.91. The minimum atomic E-state index is -0.0654. The Kier molecular flexibility index (Phi) is 5.73. The summed E-state index contributed by atoms with van der Waals surface area (Å²) < 4.78 is 4.89. The molecule has 0 aromatic carbocycles. The minimum Gasteiger partial charge on any atom is -0.383 e. The highest BCUT2D eigenvalue weighted by atomic mass is 16.5. The van der Waals surface area contributed by atoms with Crippen molar-refractivity contribution in [2.45, 2.75) is 31.8 Å². The van der Waals surface area contributed by atoms with E-state index in [-0.39, 0.29) is 11.9 Å². The van der Waals surface area contributed by atoms with E-state index in [1.54, 1.807) is 7.11 Å². The molecule has 0 bridgehead atoms. The number of amides is 1. The van der Waals surface area contributed by atoms with E-state index in [9.17, 15) is 4.79 Å². The van der Waals surface area contributed by atoms with Crippen molar-refractivity contribution in [2.75, 3.05) is 33.4 Å². The van der Waals surface area contributed by atoms with E-state index in [0.717, 1.165) is 25.9 Å². The molecule has 1 fully saturated rings. The van der Waals surface area contributed by atoms with Gasteiger partial charge in [0, 0.05) is 32.8 Å². The molecule has 3 N–H and O–H groups in total. The van der Waals surface area contributed by atoms with Crippen LogP contribution in [0.3, 0.4) is 0 Å². The first-order chi connectivity index (χ1) is 7.65. The van der Waals surface area contributed by atoms with Gasteiger partial charge < -0.3 is 15.8 Å². The van der Waals surface area contributed by atoms with Gasteiger partial charge >= 0.3 is 0 Å². The molecule has 94 valence electrons. The SMILES string of the molecule is COCCNC(=O)C(C)N1CCC(N)CC1. The van der Waals surface area contributed by atoms with Crippen LogP contribution in [0, 0.1) is 0 Å². The molecule has 1 saturated heterocycles. The lowest BCUT2D eigenvalue weighted by molar-refractivity contribution is -0.126. The number of nitrogens with two attached hydrogens (primary N) is 1. The Labute approximate surface area is 97.3 Å². The second-order valence-corrected chi connectivity index (χ2v) is 4.33. The summed E-state index contributed by atoms with van der Waals surface area (Å²) in [7, 11) is 1.63. The normalized spacial score (nSPS) is 20.7. The van der Waals surface area contributed by atoms with Gasteiger partial charge in [0.25, 0.3) is 0 Å². The van der Waals surface area contributed by atoms with E-state index in [0.29, 0.717) is 19.2 Å². The predicted molar refractivity (Wildman–Crippen MR) is 63.1 cm³/mol. The van der Waals surface area contributed by atoms with Gasteiger partial charge in [0.2, 0.25) is 5.91 Å². The largest absolute Gasteiger partial charge is 0.383 e. The highest BCUT2D eigenvalue weighted by molar-refractivity contribution is 5.81. The maximum absolute atomic E-state index is 11.8. The van der Waals surface area contributed by atoms with Crippen LogP contribution in [0.5, 0.6) is 0 Å². The van der Waals surface area contributed by atoms with Crippen LogP contribution in [0.25, 0.3) is 0 Å². The standard InChI is InChI=1S/C11H23N3O2/c1-9(11(15)13-5-8-16-2)14-6-3-10(12)4-7-14/h9-10H,3-8,12H2,1-2H3,(H,13,15). The summed E-state index contributed by atoms with van der Waals surface area (Å²) >= 11 is 0. The van der Waals surface area contributed by atoms with Crippen molar-refractivity contribution in [3.63, 3.8) is 0 Å². The monoisotopic (exact) mass is 229 g/mol. The predicted octanol–water partition coefficient (Wildman–Crippen LogP) is -0.439. The van der Waals surface area contributed by atoms with Gasteiger partial charge in [-0.15, -0.1) is 0 Å². The zero-order valence-corrected chi connectivity index (χ0v) is 10.2. The molecule has 5 heteroatoms. The third-order valence-corrected chi connectivity index (χ3v) is 3.11. The lowest BCUT2D eigenvalue weighted by Gasteiger charge is -2.33. The van der Waals surface area contributed by atoms with E-state index in [1.165, 1.54) is 0 Å². The average Bonchev–Trinajstić information content (AvgIpc) is 2.29. The Bertz CT molecular complexity index is 215. The van der Waals surface area contributed by atoms with E-state index < -0.39 is 0 Å². The zero-order chi connectivity index (χ0) is 12.0. The first kappa shape index (κ1) is 13.4. The summed E-state index contributed by atoms with van der Waals surface area (Å²) in [5.41, 5.74) is 5.83. The molecule has 1 amide bonds. The van der Waals surface area contributed by atoms with Crippen LogP contribution in [0.2, 0.25) is 0 Å². The second kappa shape index (κ2) is 6.83. The summed E-state index contributed by atoms with van der Waals surface area (Å²) in [5.74, 6) is 0.0764. The van der Waals surface area contributed by atoms with Crippen molar-refractivity contribution in [1.29, 1.82) is 0 Å². The van der Waals surface area contributed by atoms with Gasteiger partial charge in [-0.3, -0.25) is 9.69 Å². The maximum Gasteiger partial charge on any atom is 0.237 e. The molecule has 1 heterocycles. The Morgan fingerprint density at radius 1 is 1.56 bits per heavy atom. The average molecular weight is 229 g/mol. The van der Waals surface area contributed by atoms with Gasteiger partial charge in [-0.05, 0) is 19.8 Å². The molecular weight excluding hydrogens is 206 g/mol. The molecule has 5 nitrogen and oxygen atoms in total. The topological polar surface area (TPSA) is 67.6 Å². The quantitative estimate of drug-likeness (QED) is 0.627. The summed E-state index contributed by atoms with van der Waals surface area (Å²) in [6.07, 6.45) is 1.96. The molecule has 1 unspecified atom stereocenters. The Balaban J connectivity index is 2.27. The fourth-order valence-corrected chi connectivity index (χ4v) is 1.90. The molecule has 1 rings (SSSR count). The highest BCUT2D eigenvalue weighted by Crippen LogP contribution is 2.11. The van der Waals surface area contributed by atoms with Crippen LogP contribution in [-0.4, -0.2) is 56.2 Å². The molecule has 1 atom stereocenters. The fraction of sp³-hybridized carbons (Fsp3) is 0.909. The Morgan fingerprint density at radius 2 is 2.19 bits per heavy atom. The number of rotatable bonds is 5. The molecular formula is C11H23N3O2. The van der Waals surface area contributed by atoms with Crippen LogP contribution in [-0.2, 0) is 9.53 Å². The third kappa shape index (κ3) is 4.08. The van der Waals surface area contributed by atoms with E-state index in [1.807, 2.05) is 6.92 Å². The van der Waals surface area contributed by atoms with Crippen LogP contribution in [0.15, 0.2) is 0 Å². The van der Waals surface area contributed by atoms with Crippen molar-refractivity contribution in [3.8, 4) is 0 Å². The first-order valence-corrected chi connectivity index (χ1v) is 5.91. The molecule has 0 aromatic heterocycles. The minimum absolute atomic E-state index is 0.0654. The van der Waals surface area contributed by atoms with Crippen LogP contribution in [0.4, 0.5) is 0 Å². The van der Waals surface area contributed by atoms with Gasteiger partial charge in [-0.2, -0.15) is 0 Å². The Hall–Kier alpha value is -0.650. The van der Waals surface area contributed by atoms with Crippen molar-refractivity contribution in [2.24, 2.45) is 5.73 Å². The number of nitrogens with one attached hydrogen (secondary N) is 1. The maximum atomic E-state index is 11.8. The number of carbonyl (C=O) groups excluding carboxylic acids is 1. The fourth-order valence-electron chi connectivity index (χ4n) is 1.90. The summed E-state index contributed by atoms with van der Waals surface area (Å²) in [4.78, 5) is 13.9. The van der Waals surface area contributed by atoms with Crippen LogP contribution < -0.4 is 11.1 Å². The van der Waals surface area contributed by atoms with Gasteiger partial charge in [-0.1, -0.05) is 0 Å². The molecule has 1 aliphatic heterocycles. The number of nitrogens with zero attached hydrogens (tertiary/aromatic N) is 1. The number of hydrogen-bond donors (Lipinski definition) is 2. The molecule has 0 aliphatic carbocycles. The Morgan fingerprint density at radius 3 is 2.75 bits per heavy atom. The number of methoxy groups -OCH3 is 1. The summed E-state index contributed by atoms with van der Waals surface area (Å²) in [6, 6.07) is 0.240. The van der Waals surface area contributed by atoms with Crippen LogP contribution >= 0.6 is 0 Å². The lowest BCUT2D eigenvalue weighted by Crippen LogP contribution is -2.50. The number of hydrogen-bond acceptors (Lipinski definition) is 4. The summed E-state index contributed by atoms with van der Waals surface area (Å²) in [5, 5.41) is 2.86. The van der Waals surface area contributed by atoms with Gasteiger partial charge in [0.15, 0.2) is 0 Å². The van der Waals surface area contributed by atoms with Crippen molar-refractivity contribution >= 4 is 5.91 Å². The zero-order valence-electron chi connectivity index (χ0n) is 10.2. The second-order valence-electron chi connectivity index (χ2n) is 4.33. The first-order valence-electron chi connectivity index (χ1n) is 5.91. The molecule has 0 radical (unpaired) electrons. The van der Waals surface area contributed by atoms with Crippen LogP contribution in [0.1, 0.15) is 19.8 Å². The van der Waals surface area contributed by atoms with Gasteiger partial charge in [0.1, 0.15) is 0 Å². The van der Waals surface area contributed by atoms with Crippen molar-refractivity contribution < 1.29 is 9.53 Å². The molecule has 0 spiro atoms. The molecule has 0 aromatic rings. The van der Waals surface area contributed by atoms with E-state index in [4.69, 9.17) is 10.5 Å². The van der Waals surface area contributed by atoms with Gasteiger partial charge in [-0.25, -0.2) is 0 Å². The molecule has 16 heavy (non-hydrogen) atoms. The number of piperidine rings is 1. The lowest BCUT2D eigenvalue weighted by atomic mass is 10.0. The third-order valence-electron chi connectivity index (χ3n) is 3.11. The smallest absolute Gasteiger partial charge is 0.237 e. The number of carbonyl (C=O) groups is 1. The van der Waals surface area contributed by atoms with Crippen molar-refractivity contribution in [3.05, 3.63) is 0 Å². The highest BCUT2D eigenvalue weighted by Gasteiger charge is 2.24. The molecule has 0 saturated carbocycles. The number of ether oxygens (including phenoxy) is 1. The van der Waals surface area contributed by atoms with E-state index in [2.05, 4.69) is 10.2 Å². The van der Waals surface area contributed by atoms with Gasteiger partial charge in [0.05, 0.1) is 12.6 Å². The van der Waals surface area contributed by atoms with Crippen molar-refractivity contribution in [1.82, 2.24) is 10.2 Å². The van der Waals surface area contributed by atoms with E-state index >= 15 is 0 Å². The number of likely N-dealkylation sites (tertiary alicyclic amines) is 1.